The SMILES string of the molecule is Cc1ccccc1COc1cc(C=O)cc(OC(C)C)c1. The normalized spacial score (nSPS) is 10.5. The molecule has 0 amide bonds. The summed E-state index contributed by atoms with van der Waals surface area (Å²) in [6.07, 6.45) is 0.851. The molecule has 0 atom stereocenters. The van der Waals surface area contributed by atoms with Crippen LogP contribution >= 0.6 is 0 Å². The van der Waals surface area contributed by atoms with Gasteiger partial charge in [0.15, 0.2) is 0 Å². The largest absolute Gasteiger partial charge is 0.491 e. The summed E-state index contributed by atoms with van der Waals surface area (Å²) in [5, 5.41) is 0. The Bertz CT molecular complexity index is 618. The molecule has 2 aromatic rings. The Morgan fingerprint density at radius 1 is 1.10 bits per heavy atom. The number of carbonyl (C=O) groups is 1. The predicted octanol–water partition coefficient (Wildman–Crippen LogP) is 4.17. The van der Waals surface area contributed by atoms with Crippen LogP contribution in [0.4, 0.5) is 0 Å². The maximum Gasteiger partial charge on any atom is 0.150 e. The molecule has 0 radical (unpaired) electrons. The zero-order valence-electron chi connectivity index (χ0n) is 12.6. The van der Waals surface area contributed by atoms with Gasteiger partial charge in [0.05, 0.1) is 6.10 Å². The van der Waals surface area contributed by atoms with Crippen molar-refractivity contribution in [3.05, 3.63) is 59.2 Å². The summed E-state index contributed by atoms with van der Waals surface area (Å²) < 4.78 is 11.4. The highest BCUT2D eigenvalue weighted by Gasteiger charge is 2.06. The van der Waals surface area contributed by atoms with Crippen molar-refractivity contribution in [3.8, 4) is 11.5 Å². The summed E-state index contributed by atoms with van der Waals surface area (Å²) >= 11 is 0. The lowest BCUT2D eigenvalue weighted by atomic mass is 10.1. The van der Waals surface area contributed by atoms with Crippen molar-refractivity contribution in [2.24, 2.45) is 0 Å². The van der Waals surface area contributed by atoms with E-state index in [-0.39, 0.29) is 6.10 Å². The van der Waals surface area contributed by atoms with Crippen LogP contribution in [0.5, 0.6) is 11.5 Å². The zero-order chi connectivity index (χ0) is 15.2. The Balaban J connectivity index is 2.15. The number of rotatable bonds is 6. The topological polar surface area (TPSA) is 35.5 Å². The van der Waals surface area contributed by atoms with Gasteiger partial charge in [-0.1, -0.05) is 24.3 Å². The van der Waals surface area contributed by atoms with Gasteiger partial charge < -0.3 is 9.47 Å². The van der Waals surface area contributed by atoms with Crippen molar-refractivity contribution in [1.29, 1.82) is 0 Å². The van der Waals surface area contributed by atoms with Crippen molar-refractivity contribution in [2.75, 3.05) is 0 Å². The molecular weight excluding hydrogens is 264 g/mol. The van der Waals surface area contributed by atoms with Crippen molar-refractivity contribution in [2.45, 2.75) is 33.5 Å². The standard InChI is InChI=1S/C18H20O3/c1-13(2)21-18-9-15(11-19)8-17(10-18)20-12-16-7-5-4-6-14(16)3/h4-11,13H,12H2,1-3H3. The van der Waals surface area contributed by atoms with E-state index in [2.05, 4.69) is 0 Å². The first-order valence-electron chi connectivity index (χ1n) is 7.02. The monoisotopic (exact) mass is 284 g/mol. The summed E-state index contributed by atoms with van der Waals surface area (Å²) in [6.45, 7) is 6.41. The minimum atomic E-state index is 0.0520. The Labute approximate surface area is 125 Å². The van der Waals surface area contributed by atoms with Gasteiger partial charge in [-0.3, -0.25) is 4.79 Å². The van der Waals surface area contributed by atoms with Crippen molar-refractivity contribution < 1.29 is 14.3 Å². The van der Waals surface area contributed by atoms with Gasteiger partial charge in [-0.15, -0.1) is 0 Å². The Kier molecular flexibility index (Phi) is 4.99. The summed E-state index contributed by atoms with van der Waals surface area (Å²) in [7, 11) is 0. The van der Waals surface area contributed by atoms with Gasteiger partial charge in [0.1, 0.15) is 24.4 Å². The van der Waals surface area contributed by atoms with Crippen LogP contribution in [0, 0.1) is 6.92 Å². The number of aldehydes is 1. The number of benzene rings is 2. The summed E-state index contributed by atoms with van der Waals surface area (Å²) in [6, 6.07) is 13.3. The minimum Gasteiger partial charge on any atom is -0.491 e. The molecule has 3 heteroatoms. The molecule has 0 aliphatic heterocycles. The smallest absolute Gasteiger partial charge is 0.150 e. The molecule has 3 nitrogen and oxygen atoms in total. The van der Waals surface area contributed by atoms with Crippen LogP contribution in [-0.4, -0.2) is 12.4 Å². The summed E-state index contributed by atoms with van der Waals surface area (Å²) in [4.78, 5) is 11.0. The molecule has 0 N–H and O–H groups in total. The molecule has 21 heavy (non-hydrogen) atoms. The van der Waals surface area contributed by atoms with Gasteiger partial charge in [0, 0.05) is 11.6 Å². The van der Waals surface area contributed by atoms with E-state index < -0.39 is 0 Å². The van der Waals surface area contributed by atoms with Crippen LogP contribution in [0.25, 0.3) is 0 Å². The molecule has 0 saturated carbocycles. The summed E-state index contributed by atoms with van der Waals surface area (Å²) in [5.74, 6) is 1.29. The third kappa shape index (κ3) is 4.35. The predicted molar refractivity (Wildman–Crippen MR) is 83.1 cm³/mol. The Morgan fingerprint density at radius 3 is 2.48 bits per heavy atom. The third-order valence-electron chi connectivity index (χ3n) is 3.07. The number of carbonyl (C=O) groups excluding carboxylic acids is 1. The van der Waals surface area contributed by atoms with E-state index in [1.807, 2.05) is 51.1 Å². The first kappa shape index (κ1) is 15.1. The summed E-state index contributed by atoms with van der Waals surface area (Å²) in [5.41, 5.74) is 2.86. The highest BCUT2D eigenvalue weighted by atomic mass is 16.5. The van der Waals surface area contributed by atoms with Crippen LogP contribution in [0.1, 0.15) is 35.3 Å². The van der Waals surface area contributed by atoms with Crippen LogP contribution in [0.3, 0.4) is 0 Å². The van der Waals surface area contributed by atoms with Gasteiger partial charge >= 0.3 is 0 Å². The maximum absolute atomic E-state index is 11.0. The van der Waals surface area contributed by atoms with Gasteiger partial charge in [0.25, 0.3) is 0 Å². The second kappa shape index (κ2) is 6.93. The van der Waals surface area contributed by atoms with E-state index in [1.54, 1.807) is 12.1 Å². The van der Waals surface area contributed by atoms with E-state index in [0.717, 1.165) is 11.8 Å². The third-order valence-corrected chi connectivity index (χ3v) is 3.07. The first-order chi connectivity index (χ1) is 10.1. The van der Waals surface area contributed by atoms with E-state index >= 15 is 0 Å². The molecule has 0 aromatic heterocycles. The van der Waals surface area contributed by atoms with E-state index in [9.17, 15) is 4.79 Å². The van der Waals surface area contributed by atoms with Crippen molar-refractivity contribution in [1.82, 2.24) is 0 Å². The molecule has 0 fully saturated rings. The molecular formula is C18H20O3. The van der Waals surface area contributed by atoms with Crippen LogP contribution in [0.2, 0.25) is 0 Å². The quantitative estimate of drug-likeness (QED) is 0.747. The molecule has 110 valence electrons. The molecule has 0 unspecified atom stereocenters. The van der Waals surface area contributed by atoms with Gasteiger partial charge in [-0.2, -0.15) is 0 Å². The fourth-order valence-electron chi connectivity index (χ4n) is 2.02. The lowest BCUT2D eigenvalue weighted by Gasteiger charge is -2.13. The van der Waals surface area contributed by atoms with Gasteiger partial charge in [-0.25, -0.2) is 0 Å². The molecule has 0 bridgehead atoms. The molecule has 0 heterocycles. The maximum atomic E-state index is 11.0. The lowest BCUT2D eigenvalue weighted by Crippen LogP contribution is -2.06. The Morgan fingerprint density at radius 2 is 1.81 bits per heavy atom. The Hall–Kier alpha value is -2.29. The molecule has 2 aromatic carbocycles. The average Bonchev–Trinajstić information content (AvgIpc) is 2.45. The fraction of sp³-hybridized carbons (Fsp3) is 0.278. The molecule has 0 aliphatic carbocycles. The average molecular weight is 284 g/mol. The molecule has 0 aliphatic rings. The van der Waals surface area contributed by atoms with Crippen LogP contribution < -0.4 is 9.47 Å². The van der Waals surface area contributed by atoms with Gasteiger partial charge in [0.2, 0.25) is 0 Å². The van der Waals surface area contributed by atoms with Crippen LogP contribution in [-0.2, 0) is 6.61 Å². The molecule has 0 saturated heterocycles. The van der Waals surface area contributed by atoms with Crippen molar-refractivity contribution in [3.63, 3.8) is 0 Å². The van der Waals surface area contributed by atoms with Crippen molar-refractivity contribution >= 4 is 6.29 Å². The van der Waals surface area contributed by atoms with Gasteiger partial charge in [-0.05, 0) is 44.0 Å². The number of ether oxygens (including phenoxy) is 2. The molecule has 0 spiro atoms. The lowest BCUT2D eigenvalue weighted by molar-refractivity contribution is 0.112. The zero-order valence-corrected chi connectivity index (χ0v) is 12.6. The number of hydrogen-bond donors (Lipinski definition) is 0. The second-order valence-electron chi connectivity index (χ2n) is 5.24. The minimum absolute atomic E-state index is 0.0520. The number of hydrogen-bond acceptors (Lipinski definition) is 3. The van der Waals surface area contributed by atoms with Crippen LogP contribution in [0.15, 0.2) is 42.5 Å². The molecule has 2 rings (SSSR count). The first-order valence-corrected chi connectivity index (χ1v) is 7.02. The van der Waals surface area contributed by atoms with E-state index in [1.165, 1.54) is 5.56 Å². The highest BCUT2D eigenvalue weighted by molar-refractivity contribution is 5.76. The van der Waals surface area contributed by atoms with E-state index in [0.29, 0.717) is 23.7 Å². The fourth-order valence-corrected chi connectivity index (χ4v) is 2.02. The highest BCUT2D eigenvalue weighted by Crippen LogP contribution is 2.24. The number of aryl methyl sites for hydroxylation is 1. The second-order valence-corrected chi connectivity index (χ2v) is 5.24. The van der Waals surface area contributed by atoms with E-state index in [4.69, 9.17) is 9.47 Å².